The molecule has 0 saturated heterocycles. The molecule has 10 aromatic rings. The van der Waals surface area contributed by atoms with Gasteiger partial charge in [-0.2, -0.15) is 0 Å². The Morgan fingerprint density at radius 2 is 0.920 bits per heavy atom. The Bertz CT molecular complexity index is 2780. The molecule has 0 bridgehead atoms. The van der Waals surface area contributed by atoms with E-state index in [4.69, 9.17) is 15.0 Å². The van der Waals surface area contributed by atoms with Gasteiger partial charge in [0.1, 0.15) is 0 Å². The van der Waals surface area contributed by atoms with E-state index in [0.29, 0.717) is 5.95 Å². The monoisotopic (exact) mass is 639 g/mol. The van der Waals surface area contributed by atoms with Crippen LogP contribution >= 0.6 is 0 Å². The van der Waals surface area contributed by atoms with Crippen molar-refractivity contribution in [3.05, 3.63) is 176 Å². The molecule has 0 spiro atoms. The van der Waals surface area contributed by atoms with Crippen LogP contribution in [-0.4, -0.2) is 24.1 Å². The van der Waals surface area contributed by atoms with E-state index in [2.05, 4.69) is 137 Å². The summed E-state index contributed by atoms with van der Waals surface area (Å²) in [6.45, 7) is 0. The van der Waals surface area contributed by atoms with Crippen LogP contribution in [0.1, 0.15) is 0 Å². The van der Waals surface area contributed by atoms with Crippen molar-refractivity contribution in [3.8, 4) is 45.3 Å². The maximum atomic E-state index is 5.08. The zero-order valence-electron chi connectivity index (χ0n) is 27.0. The summed E-state index contributed by atoms with van der Waals surface area (Å²) in [7, 11) is 0. The van der Waals surface area contributed by atoms with Crippen molar-refractivity contribution in [1.82, 2.24) is 24.1 Å². The smallest absolute Gasteiger partial charge is 0.234 e. The molecule has 5 nitrogen and oxygen atoms in total. The normalized spacial score (nSPS) is 11.6. The van der Waals surface area contributed by atoms with Crippen LogP contribution in [0.25, 0.3) is 88.9 Å². The van der Waals surface area contributed by atoms with Crippen LogP contribution in [0.2, 0.25) is 0 Å². The third kappa shape index (κ3) is 4.45. The van der Waals surface area contributed by atoms with E-state index in [-0.39, 0.29) is 0 Å². The first-order valence-corrected chi connectivity index (χ1v) is 16.8. The first-order valence-electron chi connectivity index (χ1n) is 16.8. The molecule has 0 radical (unpaired) electrons. The van der Waals surface area contributed by atoms with Gasteiger partial charge in [0, 0.05) is 56.3 Å². The Balaban J connectivity index is 1.20. The first kappa shape index (κ1) is 28.2. The summed E-state index contributed by atoms with van der Waals surface area (Å²) in [6, 6.07) is 57.2. The van der Waals surface area contributed by atoms with Crippen molar-refractivity contribution in [3.63, 3.8) is 0 Å². The molecule has 234 valence electrons. The molecule has 0 amide bonds. The van der Waals surface area contributed by atoms with Gasteiger partial charge in [-0.1, -0.05) is 121 Å². The number of nitrogens with zero attached hydrogens (tertiary/aromatic N) is 5. The minimum Gasteiger partial charge on any atom is -0.309 e. The predicted octanol–water partition coefficient (Wildman–Crippen LogP) is 11.1. The lowest BCUT2D eigenvalue weighted by Gasteiger charge is -2.11. The van der Waals surface area contributed by atoms with E-state index in [1.165, 1.54) is 21.5 Å². The Hall–Kier alpha value is -6.85. The highest BCUT2D eigenvalue weighted by atomic mass is 15.2. The maximum absolute atomic E-state index is 5.08. The number of pyridine rings is 1. The molecule has 0 aliphatic rings. The molecular formula is C45H29N5. The summed E-state index contributed by atoms with van der Waals surface area (Å²) in [5, 5.41) is 4.71. The SMILES string of the molecule is c1ccc(-c2cc(-c3cnc(-n4c5ccccc5c5ccc6c(c7ccccc7n6-c6ccccc6)c54)nc3)cc(-c3ccccc3)n2)cc1. The number of aromatic nitrogens is 5. The molecule has 4 aromatic heterocycles. The van der Waals surface area contributed by atoms with Crippen LogP contribution in [0.3, 0.4) is 0 Å². The summed E-state index contributed by atoms with van der Waals surface area (Å²) in [5.74, 6) is 0.629. The van der Waals surface area contributed by atoms with Crippen molar-refractivity contribution >= 4 is 43.6 Å². The molecule has 0 N–H and O–H groups in total. The van der Waals surface area contributed by atoms with Crippen LogP contribution in [0.4, 0.5) is 0 Å². The first-order chi connectivity index (χ1) is 24.8. The predicted molar refractivity (Wildman–Crippen MR) is 205 cm³/mol. The van der Waals surface area contributed by atoms with E-state index < -0.39 is 0 Å². The van der Waals surface area contributed by atoms with Gasteiger partial charge >= 0.3 is 0 Å². The fourth-order valence-corrected chi connectivity index (χ4v) is 7.37. The summed E-state index contributed by atoms with van der Waals surface area (Å²) in [6.07, 6.45) is 3.88. The van der Waals surface area contributed by atoms with Gasteiger partial charge in [0.15, 0.2) is 0 Å². The average Bonchev–Trinajstić information content (AvgIpc) is 3.72. The number of fused-ring (bicyclic) bond motifs is 7. The second-order valence-corrected chi connectivity index (χ2v) is 12.5. The minimum absolute atomic E-state index is 0.629. The molecule has 5 heteroatoms. The second-order valence-electron chi connectivity index (χ2n) is 12.5. The van der Waals surface area contributed by atoms with Crippen LogP contribution in [0.15, 0.2) is 176 Å². The fourth-order valence-electron chi connectivity index (χ4n) is 7.37. The maximum Gasteiger partial charge on any atom is 0.234 e. The van der Waals surface area contributed by atoms with Crippen molar-refractivity contribution in [1.29, 1.82) is 0 Å². The van der Waals surface area contributed by atoms with Gasteiger partial charge < -0.3 is 4.57 Å². The fraction of sp³-hybridized carbons (Fsp3) is 0. The lowest BCUT2D eigenvalue weighted by molar-refractivity contribution is 0.992. The van der Waals surface area contributed by atoms with Crippen molar-refractivity contribution in [2.24, 2.45) is 0 Å². The zero-order chi connectivity index (χ0) is 33.0. The number of hydrogen-bond donors (Lipinski definition) is 0. The third-order valence-electron chi connectivity index (χ3n) is 9.62. The highest BCUT2D eigenvalue weighted by Crippen LogP contribution is 2.41. The lowest BCUT2D eigenvalue weighted by Crippen LogP contribution is -2.01. The Labute approximate surface area is 288 Å². The highest BCUT2D eigenvalue weighted by Gasteiger charge is 2.21. The van der Waals surface area contributed by atoms with Crippen LogP contribution in [0.5, 0.6) is 0 Å². The summed E-state index contributed by atoms with van der Waals surface area (Å²) in [5.41, 5.74) is 11.5. The highest BCUT2D eigenvalue weighted by molar-refractivity contribution is 6.26. The topological polar surface area (TPSA) is 48.5 Å². The molecule has 4 heterocycles. The standard InChI is InChI=1S/C45H29N5/c1-4-14-30(15-5-1)38-26-32(27-39(48-38)31-16-6-2-7-17-31)33-28-46-45(47-29-33)50-40-22-12-10-20-35(40)36-24-25-42-43(44(36)50)37-21-11-13-23-41(37)49(42)34-18-8-3-9-19-34/h1-29H. The van der Waals surface area contributed by atoms with Gasteiger partial charge in [-0.25, -0.2) is 15.0 Å². The van der Waals surface area contributed by atoms with Crippen LogP contribution in [0, 0.1) is 0 Å². The number of hydrogen-bond acceptors (Lipinski definition) is 3. The summed E-state index contributed by atoms with van der Waals surface area (Å²) < 4.78 is 4.59. The number of para-hydroxylation sites is 3. The summed E-state index contributed by atoms with van der Waals surface area (Å²) in [4.78, 5) is 15.2. The molecule has 0 atom stereocenters. The van der Waals surface area contributed by atoms with E-state index in [1.807, 2.05) is 48.8 Å². The zero-order valence-corrected chi connectivity index (χ0v) is 27.0. The van der Waals surface area contributed by atoms with Gasteiger partial charge in [0.2, 0.25) is 5.95 Å². The Morgan fingerprint density at radius 3 is 1.56 bits per heavy atom. The lowest BCUT2D eigenvalue weighted by atomic mass is 10.0. The molecule has 0 aliphatic carbocycles. The van der Waals surface area contributed by atoms with Gasteiger partial charge in [0.25, 0.3) is 0 Å². The largest absolute Gasteiger partial charge is 0.309 e. The number of rotatable bonds is 5. The average molecular weight is 640 g/mol. The summed E-state index contributed by atoms with van der Waals surface area (Å²) >= 11 is 0. The van der Waals surface area contributed by atoms with Crippen molar-refractivity contribution in [2.75, 3.05) is 0 Å². The van der Waals surface area contributed by atoms with E-state index in [0.717, 1.165) is 61.4 Å². The molecule has 0 fully saturated rings. The molecule has 50 heavy (non-hydrogen) atoms. The molecular weight excluding hydrogens is 611 g/mol. The Morgan fingerprint density at radius 1 is 0.380 bits per heavy atom. The van der Waals surface area contributed by atoms with Gasteiger partial charge in [0.05, 0.1) is 33.5 Å². The van der Waals surface area contributed by atoms with E-state index in [1.54, 1.807) is 0 Å². The second kappa shape index (κ2) is 11.4. The molecule has 0 unspecified atom stereocenters. The number of benzene rings is 6. The molecule has 10 rings (SSSR count). The minimum atomic E-state index is 0.629. The van der Waals surface area contributed by atoms with Crippen LogP contribution < -0.4 is 0 Å². The quantitative estimate of drug-likeness (QED) is 0.188. The van der Waals surface area contributed by atoms with E-state index in [9.17, 15) is 0 Å². The van der Waals surface area contributed by atoms with Crippen molar-refractivity contribution in [2.45, 2.75) is 0 Å². The van der Waals surface area contributed by atoms with E-state index >= 15 is 0 Å². The third-order valence-corrected chi connectivity index (χ3v) is 9.62. The van der Waals surface area contributed by atoms with Gasteiger partial charge in [-0.05, 0) is 48.0 Å². The van der Waals surface area contributed by atoms with Gasteiger partial charge in [-0.3, -0.25) is 4.57 Å². The Kier molecular flexibility index (Phi) is 6.42. The van der Waals surface area contributed by atoms with Crippen LogP contribution in [-0.2, 0) is 0 Å². The molecule has 6 aromatic carbocycles. The van der Waals surface area contributed by atoms with Crippen molar-refractivity contribution < 1.29 is 0 Å². The molecule has 0 aliphatic heterocycles. The van der Waals surface area contributed by atoms with Gasteiger partial charge in [-0.15, -0.1) is 0 Å². The molecule has 0 saturated carbocycles.